The van der Waals surface area contributed by atoms with E-state index >= 15 is 0 Å². The average Bonchev–Trinajstić information content (AvgIpc) is 2.84. The fourth-order valence-electron chi connectivity index (χ4n) is 1.59. The number of amides is 1. The van der Waals surface area contributed by atoms with Crippen LogP contribution in [0.4, 0.5) is 5.69 Å². The molecule has 1 aromatic carbocycles. The highest BCUT2D eigenvalue weighted by molar-refractivity contribution is 9.10. The summed E-state index contributed by atoms with van der Waals surface area (Å²) in [6.45, 7) is 0. The smallest absolute Gasteiger partial charge is 0.335 e. The summed E-state index contributed by atoms with van der Waals surface area (Å²) in [7, 11) is 0. The first kappa shape index (κ1) is 15.2. The van der Waals surface area contributed by atoms with Crippen LogP contribution < -0.4 is 5.32 Å². The van der Waals surface area contributed by atoms with E-state index in [1.807, 2.05) is 0 Å². The molecule has 0 spiro atoms. The minimum atomic E-state index is -1.27. The first-order valence-electron chi connectivity index (χ1n) is 5.54. The molecule has 1 amide bonds. The quantitative estimate of drug-likeness (QED) is 0.767. The molecular weight excluding hydrogens is 362 g/mol. The van der Waals surface area contributed by atoms with Crippen molar-refractivity contribution in [3.05, 3.63) is 50.1 Å². The van der Waals surface area contributed by atoms with Crippen molar-refractivity contribution < 1.29 is 24.6 Å². The van der Waals surface area contributed by atoms with Crippen LogP contribution in [0.3, 0.4) is 0 Å². The minimum absolute atomic E-state index is 0.109. The molecule has 1 aromatic heterocycles. The van der Waals surface area contributed by atoms with Gasteiger partial charge in [-0.2, -0.15) is 0 Å². The molecule has 0 saturated heterocycles. The van der Waals surface area contributed by atoms with Crippen LogP contribution in [0.25, 0.3) is 0 Å². The van der Waals surface area contributed by atoms with Crippen LogP contribution in [0.1, 0.15) is 30.4 Å². The van der Waals surface area contributed by atoms with Gasteiger partial charge in [0.15, 0.2) is 0 Å². The summed E-state index contributed by atoms with van der Waals surface area (Å²) >= 11 is 4.42. The minimum Gasteiger partial charge on any atom is -0.478 e. The molecule has 0 bridgehead atoms. The highest BCUT2D eigenvalue weighted by Crippen LogP contribution is 2.24. The zero-order valence-corrected chi connectivity index (χ0v) is 12.7. The maximum Gasteiger partial charge on any atom is 0.335 e. The SMILES string of the molecule is O=C(O)c1cc(NC(=O)c2sccc2Br)cc(C(=O)O)c1. The maximum atomic E-state index is 12.0. The fourth-order valence-corrected chi connectivity index (χ4v) is 3.04. The molecule has 3 N–H and O–H groups in total. The number of carbonyl (C=O) groups excluding carboxylic acids is 1. The van der Waals surface area contributed by atoms with E-state index in [4.69, 9.17) is 10.2 Å². The number of anilines is 1. The maximum absolute atomic E-state index is 12.0. The number of carboxylic acids is 2. The van der Waals surface area contributed by atoms with E-state index in [-0.39, 0.29) is 16.8 Å². The standard InChI is InChI=1S/C13H8BrNO5S/c14-9-1-2-21-10(9)11(16)15-8-4-6(12(17)18)3-7(5-8)13(19)20/h1-5H,(H,15,16)(H,17,18)(H,19,20). The summed E-state index contributed by atoms with van der Waals surface area (Å²) in [6.07, 6.45) is 0. The summed E-state index contributed by atoms with van der Waals surface area (Å²) in [5, 5.41) is 22.1. The summed E-state index contributed by atoms with van der Waals surface area (Å²) in [6, 6.07) is 5.14. The van der Waals surface area contributed by atoms with Crippen molar-refractivity contribution >= 4 is 50.8 Å². The van der Waals surface area contributed by atoms with Gasteiger partial charge in [0, 0.05) is 10.2 Å². The normalized spacial score (nSPS) is 10.1. The third kappa shape index (κ3) is 3.47. The van der Waals surface area contributed by atoms with Gasteiger partial charge in [-0.1, -0.05) is 0 Å². The molecular formula is C13H8BrNO5S. The highest BCUT2D eigenvalue weighted by Gasteiger charge is 2.15. The van der Waals surface area contributed by atoms with E-state index in [1.54, 1.807) is 11.4 Å². The van der Waals surface area contributed by atoms with Crippen molar-refractivity contribution in [3.63, 3.8) is 0 Å². The van der Waals surface area contributed by atoms with Gasteiger partial charge >= 0.3 is 11.9 Å². The van der Waals surface area contributed by atoms with Gasteiger partial charge in [-0.25, -0.2) is 9.59 Å². The van der Waals surface area contributed by atoms with Crippen molar-refractivity contribution in [3.8, 4) is 0 Å². The second kappa shape index (κ2) is 6.06. The van der Waals surface area contributed by atoms with Crippen LogP contribution in [-0.4, -0.2) is 28.1 Å². The molecule has 0 aliphatic rings. The van der Waals surface area contributed by atoms with Gasteiger partial charge in [0.2, 0.25) is 0 Å². The van der Waals surface area contributed by atoms with Crippen LogP contribution in [-0.2, 0) is 0 Å². The number of carbonyl (C=O) groups is 3. The lowest BCUT2D eigenvalue weighted by atomic mass is 10.1. The lowest BCUT2D eigenvalue weighted by molar-refractivity contribution is 0.0696. The molecule has 0 radical (unpaired) electrons. The van der Waals surface area contributed by atoms with Crippen molar-refractivity contribution in [1.29, 1.82) is 0 Å². The zero-order valence-electron chi connectivity index (χ0n) is 10.3. The van der Waals surface area contributed by atoms with Crippen LogP contribution >= 0.6 is 27.3 Å². The monoisotopic (exact) mass is 369 g/mol. The number of benzene rings is 1. The fraction of sp³-hybridized carbons (Fsp3) is 0. The van der Waals surface area contributed by atoms with Crippen molar-refractivity contribution in [1.82, 2.24) is 0 Å². The van der Waals surface area contributed by atoms with E-state index in [2.05, 4.69) is 21.2 Å². The topological polar surface area (TPSA) is 104 Å². The Bertz CT molecular complexity index is 708. The van der Waals surface area contributed by atoms with Crippen LogP contribution in [0.2, 0.25) is 0 Å². The third-order valence-corrected chi connectivity index (χ3v) is 4.34. The Morgan fingerprint density at radius 3 is 2.05 bits per heavy atom. The summed E-state index contributed by atoms with van der Waals surface area (Å²) < 4.78 is 0.609. The number of aromatic carboxylic acids is 2. The third-order valence-electron chi connectivity index (χ3n) is 2.51. The largest absolute Gasteiger partial charge is 0.478 e. The summed E-state index contributed by atoms with van der Waals surface area (Å²) in [5.41, 5.74) is -0.316. The second-order valence-corrected chi connectivity index (χ2v) is 5.73. The summed E-state index contributed by atoms with van der Waals surface area (Å²) in [4.78, 5) is 34.4. The number of hydrogen-bond acceptors (Lipinski definition) is 4. The Labute approximate surface area is 131 Å². The van der Waals surface area contributed by atoms with Gasteiger partial charge < -0.3 is 15.5 Å². The first-order chi connectivity index (χ1) is 9.88. The number of carboxylic acid groups (broad SMARTS) is 2. The van der Waals surface area contributed by atoms with Gasteiger partial charge in [-0.05, 0) is 45.6 Å². The average molecular weight is 370 g/mol. The Morgan fingerprint density at radius 2 is 1.62 bits per heavy atom. The number of rotatable bonds is 4. The number of thiophene rings is 1. The second-order valence-electron chi connectivity index (χ2n) is 3.96. The lowest BCUT2D eigenvalue weighted by Crippen LogP contribution is -2.12. The van der Waals surface area contributed by atoms with E-state index < -0.39 is 17.8 Å². The molecule has 0 unspecified atom stereocenters. The molecule has 0 atom stereocenters. The first-order valence-corrected chi connectivity index (χ1v) is 7.22. The number of halogens is 1. The van der Waals surface area contributed by atoms with E-state index in [9.17, 15) is 14.4 Å². The molecule has 6 nitrogen and oxygen atoms in total. The Hall–Kier alpha value is -2.19. The van der Waals surface area contributed by atoms with Gasteiger partial charge in [0.05, 0.1) is 11.1 Å². The van der Waals surface area contributed by atoms with Gasteiger partial charge in [-0.3, -0.25) is 4.79 Å². The molecule has 1 heterocycles. The summed E-state index contributed by atoms with van der Waals surface area (Å²) in [5.74, 6) is -2.99. The van der Waals surface area contributed by atoms with Crippen LogP contribution in [0, 0.1) is 0 Å². The Balaban J connectivity index is 2.35. The number of hydrogen-bond donors (Lipinski definition) is 3. The van der Waals surface area contributed by atoms with E-state index in [0.717, 1.165) is 6.07 Å². The molecule has 0 saturated carbocycles. The molecule has 108 valence electrons. The molecule has 8 heteroatoms. The van der Waals surface area contributed by atoms with Crippen LogP contribution in [0.15, 0.2) is 34.1 Å². The molecule has 0 aliphatic carbocycles. The Morgan fingerprint density at radius 1 is 1.05 bits per heavy atom. The van der Waals surface area contributed by atoms with Gasteiger partial charge in [0.1, 0.15) is 4.88 Å². The van der Waals surface area contributed by atoms with Crippen molar-refractivity contribution in [2.75, 3.05) is 5.32 Å². The van der Waals surface area contributed by atoms with Crippen molar-refractivity contribution in [2.45, 2.75) is 0 Å². The molecule has 0 aliphatic heterocycles. The molecule has 2 rings (SSSR count). The number of nitrogens with one attached hydrogen (secondary N) is 1. The molecule has 2 aromatic rings. The molecule has 0 fully saturated rings. The lowest BCUT2D eigenvalue weighted by Gasteiger charge is -2.07. The zero-order chi connectivity index (χ0) is 15.6. The predicted octanol–water partition coefficient (Wildman–Crippen LogP) is 3.16. The van der Waals surface area contributed by atoms with E-state index in [1.165, 1.54) is 23.5 Å². The Kier molecular flexibility index (Phi) is 4.39. The van der Waals surface area contributed by atoms with Gasteiger partial charge in [-0.15, -0.1) is 11.3 Å². The van der Waals surface area contributed by atoms with Crippen LogP contribution in [0.5, 0.6) is 0 Å². The van der Waals surface area contributed by atoms with Gasteiger partial charge in [0.25, 0.3) is 5.91 Å². The highest BCUT2D eigenvalue weighted by atomic mass is 79.9. The predicted molar refractivity (Wildman–Crippen MR) is 80.3 cm³/mol. The van der Waals surface area contributed by atoms with Crippen molar-refractivity contribution in [2.24, 2.45) is 0 Å². The molecule has 21 heavy (non-hydrogen) atoms. The van der Waals surface area contributed by atoms with E-state index in [0.29, 0.717) is 9.35 Å².